The molecule has 4 aliphatic rings. The van der Waals surface area contributed by atoms with Crippen LogP contribution in [0.5, 0.6) is 0 Å². The monoisotopic (exact) mass is 315 g/mol. The van der Waals surface area contributed by atoms with E-state index in [1.807, 2.05) is 6.08 Å². The van der Waals surface area contributed by atoms with Crippen molar-refractivity contribution >= 4 is 11.6 Å². The average molecular weight is 315 g/mol. The quantitative estimate of drug-likeness (QED) is 0.701. The predicted molar refractivity (Wildman–Crippen MR) is 90.9 cm³/mol. The third-order valence-electron chi connectivity index (χ3n) is 8.17. The van der Waals surface area contributed by atoms with Gasteiger partial charge < -0.3 is 0 Å². The highest BCUT2D eigenvalue weighted by molar-refractivity contribution is 5.91. The van der Waals surface area contributed by atoms with Crippen LogP contribution >= 0.6 is 0 Å². The van der Waals surface area contributed by atoms with Gasteiger partial charge >= 0.3 is 0 Å². The van der Waals surface area contributed by atoms with Gasteiger partial charge in [-0.05, 0) is 86.5 Å². The summed E-state index contributed by atoms with van der Waals surface area (Å²) in [5.74, 6) is 2.21. The molecule has 2 heteroatoms. The van der Waals surface area contributed by atoms with Gasteiger partial charge in [0.15, 0.2) is 5.78 Å². The number of ketones is 2. The van der Waals surface area contributed by atoms with Gasteiger partial charge in [0.05, 0.1) is 0 Å². The number of hydrogen-bond donors (Lipinski definition) is 0. The SMILES string of the molecule is [2H][C@@H]1C[C@H](C(C)=O)[C@@]2(C)CC[C@H]3[C@@H](CCC4=CC(=O)CC[C@@]43C)[C@H]12. The first kappa shape index (κ1) is 14.4. The summed E-state index contributed by atoms with van der Waals surface area (Å²) in [5.41, 5.74) is 1.57. The van der Waals surface area contributed by atoms with Crippen molar-refractivity contribution in [3.63, 3.8) is 0 Å². The number of allylic oxidation sites excluding steroid dienone is 1. The Balaban J connectivity index is 1.70. The van der Waals surface area contributed by atoms with Gasteiger partial charge in [-0.2, -0.15) is 0 Å². The summed E-state index contributed by atoms with van der Waals surface area (Å²) < 4.78 is 8.74. The van der Waals surface area contributed by atoms with Gasteiger partial charge in [0, 0.05) is 13.7 Å². The summed E-state index contributed by atoms with van der Waals surface area (Å²) in [5, 5.41) is 0. The highest BCUT2D eigenvalue weighted by Gasteiger charge is 2.59. The van der Waals surface area contributed by atoms with Gasteiger partial charge in [0.1, 0.15) is 5.78 Å². The number of hydrogen-bond acceptors (Lipinski definition) is 2. The molecule has 0 saturated heterocycles. The molecular formula is C21H30O2. The molecule has 0 aromatic carbocycles. The normalized spacial score (nSPS) is 52.8. The van der Waals surface area contributed by atoms with E-state index in [2.05, 4.69) is 13.8 Å². The first-order valence-electron chi connectivity index (χ1n) is 10.0. The smallest absolute Gasteiger partial charge is 0.155 e. The second-order valence-corrected chi connectivity index (χ2v) is 9.07. The zero-order chi connectivity index (χ0) is 17.3. The van der Waals surface area contributed by atoms with Gasteiger partial charge in [0.25, 0.3) is 0 Å². The molecule has 0 unspecified atom stereocenters. The fraction of sp³-hybridized carbons (Fsp3) is 0.810. The summed E-state index contributed by atoms with van der Waals surface area (Å²) in [6.45, 7) is 6.40. The van der Waals surface area contributed by atoms with Crippen molar-refractivity contribution in [1.29, 1.82) is 0 Å². The van der Waals surface area contributed by atoms with Crippen molar-refractivity contribution < 1.29 is 11.0 Å². The van der Waals surface area contributed by atoms with Crippen molar-refractivity contribution in [2.45, 2.75) is 72.1 Å². The van der Waals surface area contributed by atoms with Crippen LogP contribution in [0.25, 0.3) is 0 Å². The van der Waals surface area contributed by atoms with E-state index in [0.717, 1.165) is 38.5 Å². The van der Waals surface area contributed by atoms with E-state index in [1.165, 1.54) is 5.57 Å². The van der Waals surface area contributed by atoms with E-state index in [-0.39, 0.29) is 23.1 Å². The minimum atomic E-state index is -0.0870. The van der Waals surface area contributed by atoms with Crippen LogP contribution in [0.4, 0.5) is 0 Å². The van der Waals surface area contributed by atoms with Gasteiger partial charge in [0.2, 0.25) is 0 Å². The number of Topliss-reactive ketones (excluding diaryl/α,β-unsaturated/α-hetero) is 1. The Kier molecular flexibility index (Phi) is 3.16. The summed E-state index contributed by atoms with van der Waals surface area (Å²) in [6.07, 6.45) is 8.66. The third-order valence-corrected chi connectivity index (χ3v) is 8.17. The Morgan fingerprint density at radius 2 is 1.96 bits per heavy atom. The van der Waals surface area contributed by atoms with Crippen molar-refractivity contribution in [3.8, 4) is 0 Å². The molecule has 0 aliphatic heterocycles. The molecule has 2 nitrogen and oxygen atoms in total. The molecule has 7 atom stereocenters. The maximum absolute atomic E-state index is 12.2. The average Bonchev–Trinajstić information content (AvgIpc) is 2.80. The summed E-state index contributed by atoms with van der Waals surface area (Å²) in [6, 6.07) is 0. The molecule has 0 radical (unpaired) electrons. The maximum Gasteiger partial charge on any atom is 0.155 e. The number of rotatable bonds is 1. The Morgan fingerprint density at radius 1 is 1.17 bits per heavy atom. The van der Waals surface area contributed by atoms with Crippen molar-refractivity contribution in [2.24, 2.45) is 34.5 Å². The highest BCUT2D eigenvalue weighted by Crippen LogP contribution is 2.66. The predicted octanol–water partition coefficient (Wildman–Crippen LogP) is 4.72. The van der Waals surface area contributed by atoms with Gasteiger partial charge in [-0.1, -0.05) is 19.4 Å². The molecule has 0 aromatic rings. The molecule has 0 amide bonds. The van der Waals surface area contributed by atoms with Crippen molar-refractivity contribution in [2.75, 3.05) is 0 Å². The molecule has 3 fully saturated rings. The van der Waals surface area contributed by atoms with Crippen LogP contribution in [-0.4, -0.2) is 11.6 Å². The Labute approximate surface area is 141 Å². The first-order valence-corrected chi connectivity index (χ1v) is 9.44. The van der Waals surface area contributed by atoms with E-state index in [4.69, 9.17) is 1.37 Å². The molecule has 0 heterocycles. The number of carbonyl (C=O) groups is 2. The zero-order valence-electron chi connectivity index (χ0n) is 15.7. The molecule has 0 spiro atoms. The van der Waals surface area contributed by atoms with Crippen LogP contribution in [-0.2, 0) is 9.59 Å². The van der Waals surface area contributed by atoms with E-state index >= 15 is 0 Å². The summed E-state index contributed by atoms with van der Waals surface area (Å²) >= 11 is 0. The lowest BCUT2D eigenvalue weighted by atomic mass is 9.47. The molecular weight excluding hydrogens is 284 g/mol. The Bertz CT molecular complexity index is 623. The maximum atomic E-state index is 12.2. The fourth-order valence-corrected chi connectivity index (χ4v) is 6.87. The van der Waals surface area contributed by atoms with Gasteiger partial charge in [-0.3, -0.25) is 9.59 Å². The number of carbonyl (C=O) groups excluding carboxylic acids is 2. The van der Waals surface area contributed by atoms with Crippen molar-refractivity contribution in [1.82, 2.24) is 0 Å². The number of fused-ring (bicyclic) bond motifs is 5. The summed E-state index contributed by atoms with van der Waals surface area (Å²) in [4.78, 5) is 24.1. The Hall–Kier alpha value is -0.920. The minimum Gasteiger partial charge on any atom is -0.300 e. The molecule has 4 rings (SSSR count). The molecule has 23 heavy (non-hydrogen) atoms. The second kappa shape index (κ2) is 5.04. The topological polar surface area (TPSA) is 34.1 Å². The van der Waals surface area contributed by atoms with Crippen LogP contribution < -0.4 is 0 Å². The van der Waals surface area contributed by atoms with Crippen LogP contribution in [0.1, 0.15) is 73.5 Å². The Morgan fingerprint density at radius 3 is 2.70 bits per heavy atom. The molecule has 3 saturated carbocycles. The van der Waals surface area contributed by atoms with Crippen molar-refractivity contribution in [3.05, 3.63) is 11.6 Å². The fourth-order valence-electron chi connectivity index (χ4n) is 6.87. The largest absolute Gasteiger partial charge is 0.300 e. The summed E-state index contributed by atoms with van der Waals surface area (Å²) in [7, 11) is 0. The molecule has 126 valence electrons. The third kappa shape index (κ3) is 2.06. The van der Waals surface area contributed by atoms with Gasteiger partial charge in [-0.15, -0.1) is 0 Å². The van der Waals surface area contributed by atoms with E-state index in [9.17, 15) is 9.59 Å². The molecule has 0 aromatic heterocycles. The van der Waals surface area contributed by atoms with E-state index in [0.29, 0.717) is 35.7 Å². The minimum absolute atomic E-state index is 0.0292. The standard InChI is InChI=1S/C21H30O2/c1-13(22)17-6-7-18-16-5-4-14-12-15(23)8-10-20(14,2)19(16)9-11-21(17,18)3/h12,16-19H,4-11H2,1-3H3/t16-,17+,18-,19-,20-,21+/m0/s1/i7D/t7-,16+,17-,18+,19+,20+,21-/m1. The highest BCUT2D eigenvalue weighted by atomic mass is 16.1. The van der Waals surface area contributed by atoms with Gasteiger partial charge in [-0.25, -0.2) is 0 Å². The molecule has 4 aliphatic carbocycles. The second-order valence-electron chi connectivity index (χ2n) is 9.07. The lowest BCUT2D eigenvalue weighted by molar-refractivity contribution is -0.128. The zero-order valence-corrected chi connectivity index (χ0v) is 14.7. The van der Waals surface area contributed by atoms with Crippen LogP contribution in [0, 0.1) is 34.5 Å². The van der Waals surface area contributed by atoms with E-state index < -0.39 is 0 Å². The lowest BCUT2D eigenvalue weighted by Crippen LogP contribution is -2.51. The molecule has 0 bridgehead atoms. The van der Waals surface area contributed by atoms with Crippen LogP contribution in [0.15, 0.2) is 11.6 Å². The lowest BCUT2D eigenvalue weighted by Gasteiger charge is -2.58. The van der Waals surface area contributed by atoms with Crippen LogP contribution in [0.2, 0.25) is 0 Å². The first-order chi connectivity index (χ1) is 11.3. The van der Waals surface area contributed by atoms with Crippen LogP contribution in [0.3, 0.4) is 0 Å². The molecule has 0 N–H and O–H groups in total. The van der Waals surface area contributed by atoms with E-state index in [1.54, 1.807) is 6.92 Å².